The van der Waals surface area contributed by atoms with E-state index in [0.717, 1.165) is 24.3 Å². The summed E-state index contributed by atoms with van der Waals surface area (Å²) in [5.74, 6) is -4.45. The Hall–Kier alpha value is -4.41. The van der Waals surface area contributed by atoms with Gasteiger partial charge in [-0.15, -0.1) is 0 Å². The largest absolute Gasteiger partial charge is 0.508 e. The molecule has 0 saturated heterocycles. The van der Waals surface area contributed by atoms with Gasteiger partial charge in [0.2, 0.25) is 11.2 Å². The number of nitrogens with one attached hydrogen (secondary N) is 1. The van der Waals surface area contributed by atoms with Crippen LogP contribution in [0, 0.1) is 0 Å². The lowest BCUT2D eigenvalue weighted by atomic mass is 10.1. The van der Waals surface area contributed by atoms with Crippen LogP contribution in [0.2, 0.25) is 0 Å². The number of aliphatic carboxylic acids is 1. The number of phenols is 3. The van der Waals surface area contributed by atoms with Crippen molar-refractivity contribution in [3.63, 3.8) is 0 Å². The maximum Gasteiger partial charge on any atom is 0.413 e. The highest BCUT2D eigenvalue weighted by molar-refractivity contribution is 5.88. The number of carbonyl (C=O) groups is 2. The Kier molecular flexibility index (Phi) is 4.88. The van der Waals surface area contributed by atoms with Gasteiger partial charge in [-0.25, -0.2) is 4.79 Å². The van der Waals surface area contributed by atoms with Crippen molar-refractivity contribution >= 4 is 23.0 Å². The first-order valence-electron chi connectivity index (χ1n) is 7.90. The predicted octanol–water partition coefficient (Wildman–Crippen LogP) is 1.46. The molecule has 1 amide bonds. The molecule has 0 aliphatic rings. The number of carboxylic acids is 1. The first kappa shape index (κ1) is 19.4. The van der Waals surface area contributed by atoms with E-state index < -0.39 is 47.0 Å². The van der Waals surface area contributed by atoms with Gasteiger partial charge >= 0.3 is 12.1 Å². The first-order chi connectivity index (χ1) is 13.7. The van der Waals surface area contributed by atoms with E-state index in [1.54, 1.807) is 0 Å². The van der Waals surface area contributed by atoms with E-state index >= 15 is 0 Å². The molecule has 150 valence electrons. The fourth-order valence-electron chi connectivity index (χ4n) is 2.49. The van der Waals surface area contributed by atoms with Crippen LogP contribution in [0.4, 0.5) is 4.79 Å². The number of fused-ring (bicyclic) bond motifs is 1. The highest BCUT2D eigenvalue weighted by Crippen LogP contribution is 2.38. The Morgan fingerprint density at radius 1 is 1.03 bits per heavy atom. The van der Waals surface area contributed by atoms with Crippen LogP contribution in [-0.4, -0.2) is 44.1 Å². The molecule has 0 aliphatic heterocycles. The zero-order chi connectivity index (χ0) is 21.3. The predicted molar refractivity (Wildman–Crippen MR) is 96.2 cm³/mol. The molecule has 11 heteroatoms. The average molecular weight is 403 g/mol. The van der Waals surface area contributed by atoms with Gasteiger partial charge in [-0.05, 0) is 18.2 Å². The molecule has 1 aromatic heterocycles. The lowest BCUT2D eigenvalue weighted by molar-refractivity contribution is -0.135. The third-order valence-corrected chi connectivity index (χ3v) is 3.74. The molecule has 0 fully saturated rings. The molecule has 3 aromatic rings. The summed E-state index contributed by atoms with van der Waals surface area (Å²) < 4.78 is 10.2. The molecule has 11 nitrogen and oxygen atoms in total. The topological polar surface area (TPSA) is 187 Å². The molecule has 0 radical (unpaired) electrons. The van der Waals surface area contributed by atoms with Gasteiger partial charge in [0.1, 0.15) is 29.0 Å². The standard InChI is InChI=1S/C18H13NO10/c20-8-4-10(22)14-12(5-8)28-17(16(26)15(14)25)7-1-2-9(21)11(3-7)29-18(27)19-6-13(23)24/h1-5,20-22,26H,6H2,(H,19,27)(H,23,24). The van der Waals surface area contributed by atoms with Crippen LogP contribution in [-0.2, 0) is 4.79 Å². The Balaban J connectivity index is 2.06. The van der Waals surface area contributed by atoms with Crippen molar-refractivity contribution < 1.29 is 44.3 Å². The molecular weight excluding hydrogens is 390 g/mol. The molecule has 0 unspecified atom stereocenters. The van der Waals surface area contributed by atoms with Crippen LogP contribution >= 0.6 is 0 Å². The lowest BCUT2D eigenvalue weighted by Crippen LogP contribution is -2.31. The van der Waals surface area contributed by atoms with E-state index in [-0.39, 0.29) is 28.0 Å². The second kappa shape index (κ2) is 7.31. The molecule has 0 aliphatic carbocycles. The van der Waals surface area contributed by atoms with Gasteiger partial charge in [0.25, 0.3) is 0 Å². The summed E-state index contributed by atoms with van der Waals surface area (Å²) >= 11 is 0. The fourth-order valence-corrected chi connectivity index (χ4v) is 2.49. The molecular formula is C18H13NO10. The number of carboxylic acid groups (broad SMARTS) is 1. The highest BCUT2D eigenvalue weighted by Gasteiger charge is 2.20. The van der Waals surface area contributed by atoms with Gasteiger partial charge in [-0.1, -0.05) is 0 Å². The Morgan fingerprint density at radius 2 is 1.76 bits per heavy atom. The van der Waals surface area contributed by atoms with Crippen molar-refractivity contribution in [2.24, 2.45) is 0 Å². The fraction of sp³-hybridized carbons (Fsp3) is 0.0556. The Labute approximate surface area is 160 Å². The number of hydrogen-bond donors (Lipinski definition) is 6. The van der Waals surface area contributed by atoms with E-state index in [0.29, 0.717) is 0 Å². The van der Waals surface area contributed by atoms with Gasteiger partial charge < -0.3 is 40.0 Å². The first-order valence-corrected chi connectivity index (χ1v) is 7.90. The summed E-state index contributed by atoms with van der Waals surface area (Å²) in [5.41, 5.74) is -1.20. The molecule has 29 heavy (non-hydrogen) atoms. The van der Waals surface area contributed by atoms with E-state index in [1.165, 1.54) is 6.07 Å². The van der Waals surface area contributed by atoms with Crippen LogP contribution in [0.15, 0.2) is 39.5 Å². The summed E-state index contributed by atoms with van der Waals surface area (Å²) in [5, 5.41) is 49.5. The number of benzene rings is 2. The molecule has 1 heterocycles. The summed E-state index contributed by atoms with van der Waals surface area (Å²) in [6.07, 6.45) is -1.17. The Bertz CT molecular complexity index is 1200. The highest BCUT2D eigenvalue weighted by atomic mass is 16.6. The van der Waals surface area contributed by atoms with Crippen LogP contribution in [0.3, 0.4) is 0 Å². The van der Waals surface area contributed by atoms with Crippen molar-refractivity contribution in [1.82, 2.24) is 5.32 Å². The normalized spacial score (nSPS) is 10.6. The molecule has 0 spiro atoms. The van der Waals surface area contributed by atoms with Gasteiger partial charge in [0.15, 0.2) is 17.3 Å². The van der Waals surface area contributed by atoms with Crippen LogP contribution in [0.5, 0.6) is 28.7 Å². The average Bonchev–Trinajstić information content (AvgIpc) is 2.64. The van der Waals surface area contributed by atoms with E-state index in [4.69, 9.17) is 14.3 Å². The van der Waals surface area contributed by atoms with Crippen molar-refractivity contribution in [2.45, 2.75) is 0 Å². The number of amides is 1. The number of hydrogen-bond acceptors (Lipinski definition) is 9. The Morgan fingerprint density at radius 3 is 2.45 bits per heavy atom. The number of phenolic OH excluding ortho intramolecular Hbond substituents is 3. The minimum Gasteiger partial charge on any atom is -0.508 e. The molecule has 2 aromatic carbocycles. The maximum absolute atomic E-state index is 12.4. The molecule has 0 atom stereocenters. The minimum atomic E-state index is -1.31. The summed E-state index contributed by atoms with van der Waals surface area (Å²) in [7, 11) is 0. The monoisotopic (exact) mass is 403 g/mol. The van der Waals surface area contributed by atoms with Gasteiger partial charge in [-0.2, -0.15) is 0 Å². The summed E-state index contributed by atoms with van der Waals surface area (Å²) in [6.45, 7) is -0.716. The van der Waals surface area contributed by atoms with Gasteiger partial charge in [0.05, 0.1) is 0 Å². The third-order valence-electron chi connectivity index (χ3n) is 3.74. The molecule has 0 saturated carbocycles. The third kappa shape index (κ3) is 3.83. The summed E-state index contributed by atoms with van der Waals surface area (Å²) in [6, 6.07) is 5.34. The quantitative estimate of drug-likeness (QED) is 0.372. The summed E-state index contributed by atoms with van der Waals surface area (Å²) in [4.78, 5) is 34.4. The molecule has 3 rings (SSSR count). The van der Waals surface area contributed by atoms with Crippen molar-refractivity contribution in [2.75, 3.05) is 6.54 Å². The van der Waals surface area contributed by atoms with Crippen LogP contribution in [0.1, 0.15) is 0 Å². The van der Waals surface area contributed by atoms with Crippen molar-refractivity contribution in [1.29, 1.82) is 0 Å². The number of carbonyl (C=O) groups excluding carboxylic acids is 1. The van der Waals surface area contributed by atoms with Crippen LogP contribution < -0.4 is 15.5 Å². The number of ether oxygens (including phenoxy) is 1. The maximum atomic E-state index is 12.4. The molecule has 6 N–H and O–H groups in total. The van der Waals surface area contributed by atoms with Crippen molar-refractivity contribution in [3.05, 3.63) is 40.6 Å². The van der Waals surface area contributed by atoms with Crippen molar-refractivity contribution in [3.8, 4) is 40.1 Å². The van der Waals surface area contributed by atoms with E-state index in [9.17, 15) is 34.8 Å². The number of rotatable bonds is 4. The molecule has 0 bridgehead atoms. The number of aromatic hydroxyl groups is 4. The smallest absolute Gasteiger partial charge is 0.413 e. The van der Waals surface area contributed by atoms with E-state index in [2.05, 4.69) is 0 Å². The van der Waals surface area contributed by atoms with Gasteiger partial charge in [0, 0.05) is 17.7 Å². The zero-order valence-corrected chi connectivity index (χ0v) is 14.4. The SMILES string of the molecule is O=C(O)CNC(=O)Oc1cc(-c2oc3cc(O)cc(O)c3c(=O)c2O)ccc1O. The van der Waals surface area contributed by atoms with Crippen LogP contribution in [0.25, 0.3) is 22.3 Å². The second-order valence-corrected chi connectivity index (χ2v) is 5.77. The van der Waals surface area contributed by atoms with Gasteiger partial charge in [-0.3, -0.25) is 9.59 Å². The minimum absolute atomic E-state index is 0.00293. The van der Waals surface area contributed by atoms with E-state index in [1.807, 2.05) is 5.32 Å². The zero-order valence-electron chi connectivity index (χ0n) is 14.4. The second-order valence-electron chi connectivity index (χ2n) is 5.77. The lowest BCUT2D eigenvalue weighted by Gasteiger charge is -2.10.